The van der Waals surface area contributed by atoms with Crippen LogP contribution in [-0.2, 0) is 14.3 Å². The van der Waals surface area contributed by atoms with Crippen molar-refractivity contribution in [1.82, 2.24) is 4.90 Å². The average Bonchev–Trinajstić information content (AvgIpc) is 2.73. The zero-order valence-electron chi connectivity index (χ0n) is 11.8. The van der Waals surface area contributed by atoms with Gasteiger partial charge in [-0.15, -0.1) is 0 Å². The highest BCUT2D eigenvalue weighted by Gasteiger charge is 2.26. The van der Waals surface area contributed by atoms with E-state index in [4.69, 9.17) is 14.6 Å². The molecule has 1 aliphatic rings. The molecule has 1 rings (SSSR count). The van der Waals surface area contributed by atoms with E-state index in [9.17, 15) is 9.59 Å². The number of carboxylic acid groups (broad SMARTS) is 1. The van der Waals surface area contributed by atoms with Crippen LogP contribution in [0.25, 0.3) is 0 Å². The highest BCUT2D eigenvalue weighted by molar-refractivity contribution is 5.70. The number of hydrogen-bond donors (Lipinski definition) is 1. The van der Waals surface area contributed by atoms with Crippen LogP contribution in [0.4, 0.5) is 4.79 Å². The molecule has 1 saturated heterocycles. The lowest BCUT2D eigenvalue weighted by atomic mass is 10.2. The predicted molar refractivity (Wildman–Crippen MR) is 69.0 cm³/mol. The van der Waals surface area contributed by atoms with Crippen LogP contribution >= 0.6 is 0 Å². The third kappa shape index (κ3) is 6.42. The average molecular weight is 273 g/mol. The fraction of sp³-hybridized carbons (Fsp3) is 0.846. The maximum atomic E-state index is 12.0. The molecule has 0 spiro atoms. The summed E-state index contributed by atoms with van der Waals surface area (Å²) in [4.78, 5) is 24.1. The summed E-state index contributed by atoms with van der Waals surface area (Å²) in [6, 6.07) is 0. The molecule has 6 nitrogen and oxygen atoms in total. The number of nitrogens with zero attached hydrogens (tertiary/aromatic N) is 1. The topological polar surface area (TPSA) is 76.1 Å². The standard InChI is InChI=1S/C13H23NO5/c1-13(2,3)19-12(17)14(7-6-11(15)16)9-10-5-4-8-18-10/h10H,4-9H2,1-3H3,(H,15,16). The lowest BCUT2D eigenvalue weighted by Gasteiger charge is -2.28. The lowest BCUT2D eigenvalue weighted by Crippen LogP contribution is -2.42. The largest absolute Gasteiger partial charge is 0.481 e. The molecule has 1 atom stereocenters. The Hall–Kier alpha value is -1.30. The molecule has 0 aromatic heterocycles. The number of ether oxygens (including phenoxy) is 2. The van der Waals surface area contributed by atoms with E-state index in [1.165, 1.54) is 4.90 Å². The lowest BCUT2D eigenvalue weighted by molar-refractivity contribution is -0.137. The highest BCUT2D eigenvalue weighted by atomic mass is 16.6. The fourth-order valence-corrected chi connectivity index (χ4v) is 1.85. The normalized spacial score (nSPS) is 19.2. The van der Waals surface area contributed by atoms with Gasteiger partial charge < -0.3 is 19.5 Å². The minimum atomic E-state index is -0.930. The van der Waals surface area contributed by atoms with E-state index < -0.39 is 17.7 Å². The zero-order chi connectivity index (χ0) is 14.5. The van der Waals surface area contributed by atoms with Crippen molar-refractivity contribution >= 4 is 12.1 Å². The van der Waals surface area contributed by atoms with Gasteiger partial charge in [0, 0.05) is 13.2 Å². The van der Waals surface area contributed by atoms with Crippen molar-refractivity contribution in [2.45, 2.75) is 51.7 Å². The van der Waals surface area contributed by atoms with Crippen LogP contribution in [0.5, 0.6) is 0 Å². The number of carbonyl (C=O) groups excluding carboxylic acids is 1. The minimum absolute atomic E-state index is 0.0127. The maximum Gasteiger partial charge on any atom is 0.410 e. The zero-order valence-corrected chi connectivity index (χ0v) is 11.8. The molecular weight excluding hydrogens is 250 g/mol. The Labute approximate surface area is 113 Å². The maximum absolute atomic E-state index is 12.0. The van der Waals surface area contributed by atoms with Gasteiger partial charge in [0.15, 0.2) is 0 Å². The molecule has 1 unspecified atom stereocenters. The summed E-state index contributed by atoms with van der Waals surface area (Å²) in [7, 11) is 0. The van der Waals surface area contributed by atoms with Gasteiger partial charge >= 0.3 is 12.1 Å². The Morgan fingerprint density at radius 3 is 2.58 bits per heavy atom. The fourth-order valence-electron chi connectivity index (χ4n) is 1.85. The number of rotatable bonds is 5. The first kappa shape index (κ1) is 15.8. The summed E-state index contributed by atoms with van der Waals surface area (Å²) in [5.41, 5.74) is -0.588. The van der Waals surface area contributed by atoms with Crippen molar-refractivity contribution in [3.8, 4) is 0 Å². The summed E-state index contributed by atoms with van der Waals surface area (Å²) in [5, 5.41) is 8.73. The van der Waals surface area contributed by atoms with Crippen molar-refractivity contribution in [3.05, 3.63) is 0 Å². The van der Waals surface area contributed by atoms with Gasteiger partial charge in [0.2, 0.25) is 0 Å². The van der Waals surface area contributed by atoms with Crippen molar-refractivity contribution in [2.24, 2.45) is 0 Å². The molecule has 1 fully saturated rings. The first-order valence-electron chi connectivity index (χ1n) is 6.59. The molecule has 0 bridgehead atoms. The number of amides is 1. The molecule has 0 saturated carbocycles. The summed E-state index contributed by atoms with van der Waals surface area (Å²) < 4.78 is 10.8. The van der Waals surface area contributed by atoms with Gasteiger partial charge in [-0.2, -0.15) is 0 Å². The quantitative estimate of drug-likeness (QED) is 0.827. The first-order valence-corrected chi connectivity index (χ1v) is 6.59. The van der Waals surface area contributed by atoms with Crippen molar-refractivity contribution < 1.29 is 24.2 Å². The van der Waals surface area contributed by atoms with E-state index >= 15 is 0 Å². The van der Waals surface area contributed by atoms with Gasteiger partial charge in [0.05, 0.1) is 19.1 Å². The third-order valence-corrected chi connectivity index (χ3v) is 2.70. The molecule has 0 radical (unpaired) electrons. The summed E-state index contributed by atoms with van der Waals surface area (Å²) in [6.45, 7) is 6.59. The Morgan fingerprint density at radius 2 is 2.11 bits per heavy atom. The van der Waals surface area contributed by atoms with Crippen LogP contribution in [0.2, 0.25) is 0 Å². The van der Waals surface area contributed by atoms with Gasteiger partial charge in [-0.05, 0) is 33.6 Å². The first-order chi connectivity index (χ1) is 8.78. The smallest absolute Gasteiger partial charge is 0.410 e. The molecule has 1 aliphatic heterocycles. The second kappa shape index (κ2) is 6.75. The van der Waals surface area contributed by atoms with Crippen LogP contribution < -0.4 is 0 Å². The Balaban J connectivity index is 2.56. The van der Waals surface area contributed by atoms with Crippen LogP contribution in [0, 0.1) is 0 Å². The van der Waals surface area contributed by atoms with Gasteiger partial charge in [-0.25, -0.2) is 4.79 Å². The van der Waals surface area contributed by atoms with E-state index in [2.05, 4.69) is 0 Å². The Bertz CT molecular complexity index is 317. The molecule has 1 heterocycles. The summed E-state index contributed by atoms with van der Waals surface area (Å²) in [5.74, 6) is -0.930. The molecular formula is C13H23NO5. The van der Waals surface area contributed by atoms with Crippen LogP contribution in [0.3, 0.4) is 0 Å². The molecule has 0 aliphatic carbocycles. The van der Waals surface area contributed by atoms with E-state index in [0.717, 1.165) is 12.8 Å². The molecule has 19 heavy (non-hydrogen) atoms. The number of carboxylic acids is 1. The molecule has 1 N–H and O–H groups in total. The third-order valence-electron chi connectivity index (χ3n) is 2.70. The highest BCUT2D eigenvalue weighted by Crippen LogP contribution is 2.16. The van der Waals surface area contributed by atoms with Gasteiger partial charge in [-0.3, -0.25) is 4.79 Å². The number of hydrogen-bond acceptors (Lipinski definition) is 4. The molecule has 6 heteroatoms. The Kier molecular flexibility index (Phi) is 5.60. The van der Waals surface area contributed by atoms with E-state index in [1.807, 2.05) is 0 Å². The predicted octanol–water partition coefficient (Wildman–Crippen LogP) is 1.88. The molecule has 0 aromatic rings. The molecule has 110 valence electrons. The van der Waals surface area contributed by atoms with Gasteiger partial charge in [0.1, 0.15) is 5.60 Å². The van der Waals surface area contributed by atoms with E-state index in [1.54, 1.807) is 20.8 Å². The second-order valence-electron chi connectivity index (χ2n) is 5.71. The van der Waals surface area contributed by atoms with Crippen molar-refractivity contribution in [1.29, 1.82) is 0 Å². The SMILES string of the molecule is CC(C)(C)OC(=O)N(CCC(=O)O)CC1CCCO1. The number of carbonyl (C=O) groups is 2. The summed E-state index contributed by atoms with van der Waals surface area (Å²) in [6.07, 6.45) is 1.29. The Morgan fingerprint density at radius 1 is 1.42 bits per heavy atom. The minimum Gasteiger partial charge on any atom is -0.481 e. The van der Waals surface area contributed by atoms with Gasteiger partial charge in [-0.1, -0.05) is 0 Å². The summed E-state index contributed by atoms with van der Waals surface area (Å²) >= 11 is 0. The van der Waals surface area contributed by atoms with E-state index in [0.29, 0.717) is 13.2 Å². The van der Waals surface area contributed by atoms with Crippen LogP contribution in [-0.4, -0.2) is 53.5 Å². The second-order valence-corrected chi connectivity index (χ2v) is 5.71. The number of aliphatic carboxylic acids is 1. The van der Waals surface area contributed by atoms with Crippen molar-refractivity contribution in [3.63, 3.8) is 0 Å². The molecule has 1 amide bonds. The van der Waals surface area contributed by atoms with Crippen molar-refractivity contribution in [2.75, 3.05) is 19.7 Å². The van der Waals surface area contributed by atoms with Crippen LogP contribution in [0.15, 0.2) is 0 Å². The van der Waals surface area contributed by atoms with Crippen LogP contribution in [0.1, 0.15) is 40.0 Å². The molecule has 0 aromatic carbocycles. The van der Waals surface area contributed by atoms with Gasteiger partial charge in [0.25, 0.3) is 0 Å². The van der Waals surface area contributed by atoms with E-state index in [-0.39, 0.29) is 19.1 Å². The monoisotopic (exact) mass is 273 g/mol.